The third kappa shape index (κ3) is 3.09. The highest BCUT2D eigenvalue weighted by Crippen LogP contribution is 2.24. The summed E-state index contributed by atoms with van der Waals surface area (Å²) in [7, 11) is 0. The lowest BCUT2D eigenvalue weighted by molar-refractivity contribution is 0.482. The van der Waals surface area contributed by atoms with E-state index >= 15 is 0 Å². The van der Waals surface area contributed by atoms with Crippen LogP contribution in [0.2, 0.25) is 0 Å². The summed E-state index contributed by atoms with van der Waals surface area (Å²) in [6, 6.07) is 15.8. The normalized spacial score (nSPS) is 10.1. The van der Waals surface area contributed by atoms with Crippen molar-refractivity contribution in [2.75, 3.05) is 0 Å². The predicted molar refractivity (Wildman–Crippen MR) is 73.3 cm³/mol. The molecule has 0 amide bonds. The predicted octanol–water partition coefficient (Wildman–Crippen LogP) is 5.14. The van der Waals surface area contributed by atoms with E-state index in [1.165, 1.54) is 5.56 Å². The topological polar surface area (TPSA) is 9.23 Å². The van der Waals surface area contributed by atoms with Crippen LogP contribution in [0, 0.1) is 0 Å². The first kappa shape index (κ1) is 11.7. The van der Waals surface area contributed by atoms with Crippen LogP contribution in [0.1, 0.15) is 5.56 Å². The molecule has 0 fully saturated rings. The summed E-state index contributed by atoms with van der Waals surface area (Å²) >= 11 is 6.82. The number of halogens is 2. The zero-order valence-electron chi connectivity index (χ0n) is 8.49. The summed E-state index contributed by atoms with van der Waals surface area (Å²) in [5.74, 6) is 1.70. The third-order valence-electron chi connectivity index (χ3n) is 2.10. The summed E-state index contributed by atoms with van der Waals surface area (Å²) in [6.07, 6.45) is 0. The van der Waals surface area contributed by atoms with Crippen molar-refractivity contribution in [1.82, 2.24) is 0 Å². The number of hydrogen-bond donors (Lipinski definition) is 0. The summed E-state index contributed by atoms with van der Waals surface area (Å²) in [5, 5.41) is 0.838. The van der Waals surface area contributed by atoms with Crippen LogP contribution in [0.4, 0.5) is 0 Å². The van der Waals surface area contributed by atoms with Crippen LogP contribution in [0.3, 0.4) is 0 Å². The number of benzene rings is 2. The lowest BCUT2D eigenvalue weighted by Crippen LogP contribution is -1.85. The van der Waals surface area contributed by atoms with E-state index in [-0.39, 0.29) is 0 Å². The largest absolute Gasteiger partial charge is 0.457 e. The lowest BCUT2D eigenvalue weighted by atomic mass is 10.2. The lowest BCUT2D eigenvalue weighted by Gasteiger charge is -2.06. The Hall–Kier alpha value is -0.800. The van der Waals surface area contributed by atoms with Gasteiger partial charge in [0.1, 0.15) is 11.5 Å². The van der Waals surface area contributed by atoms with E-state index in [1.807, 2.05) is 42.5 Å². The van der Waals surface area contributed by atoms with Gasteiger partial charge < -0.3 is 4.74 Å². The minimum atomic E-state index is 0.838. The molecule has 0 aliphatic carbocycles. The fourth-order valence-corrected chi connectivity index (χ4v) is 1.94. The van der Waals surface area contributed by atoms with Crippen LogP contribution in [0.25, 0.3) is 0 Å². The zero-order valence-corrected chi connectivity index (χ0v) is 11.7. The highest BCUT2D eigenvalue weighted by atomic mass is 79.9. The molecule has 0 aliphatic heterocycles. The highest BCUT2D eigenvalue weighted by Gasteiger charge is 1.98. The molecule has 0 aliphatic rings. The molecule has 0 saturated carbocycles. The minimum Gasteiger partial charge on any atom is -0.457 e. The molecule has 3 heteroatoms. The Balaban J connectivity index is 2.16. The Morgan fingerprint density at radius 2 is 1.69 bits per heavy atom. The smallest absolute Gasteiger partial charge is 0.127 e. The van der Waals surface area contributed by atoms with Gasteiger partial charge in [-0.05, 0) is 42.0 Å². The Labute approximate surface area is 112 Å². The molecule has 16 heavy (non-hydrogen) atoms. The molecule has 0 N–H and O–H groups in total. The summed E-state index contributed by atoms with van der Waals surface area (Å²) in [4.78, 5) is 0. The molecule has 0 bridgehead atoms. The molecule has 0 unspecified atom stereocenters. The van der Waals surface area contributed by atoms with Crippen LogP contribution >= 0.6 is 31.9 Å². The van der Waals surface area contributed by atoms with Crippen molar-refractivity contribution < 1.29 is 4.74 Å². The van der Waals surface area contributed by atoms with Crippen LogP contribution in [-0.4, -0.2) is 0 Å². The van der Waals surface area contributed by atoms with Crippen molar-refractivity contribution in [3.05, 3.63) is 58.6 Å². The maximum Gasteiger partial charge on any atom is 0.127 e. The van der Waals surface area contributed by atoms with Gasteiger partial charge in [0.05, 0.1) is 0 Å². The van der Waals surface area contributed by atoms with Crippen LogP contribution in [-0.2, 0) is 5.33 Å². The highest BCUT2D eigenvalue weighted by molar-refractivity contribution is 9.10. The van der Waals surface area contributed by atoms with Gasteiger partial charge in [-0.25, -0.2) is 0 Å². The molecular weight excluding hydrogens is 332 g/mol. The first-order chi connectivity index (χ1) is 7.78. The Morgan fingerprint density at radius 1 is 0.938 bits per heavy atom. The van der Waals surface area contributed by atoms with Gasteiger partial charge >= 0.3 is 0 Å². The van der Waals surface area contributed by atoms with Crippen molar-refractivity contribution in [3.63, 3.8) is 0 Å². The van der Waals surface area contributed by atoms with Gasteiger partial charge in [-0.3, -0.25) is 0 Å². The molecule has 2 aromatic carbocycles. The molecule has 82 valence electrons. The summed E-state index contributed by atoms with van der Waals surface area (Å²) < 4.78 is 6.78. The van der Waals surface area contributed by atoms with E-state index in [0.717, 1.165) is 21.3 Å². The zero-order chi connectivity index (χ0) is 11.4. The fourth-order valence-electron chi connectivity index (χ4n) is 1.33. The molecule has 0 atom stereocenters. The van der Waals surface area contributed by atoms with Crippen LogP contribution < -0.4 is 4.74 Å². The van der Waals surface area contributed by atoms with E-state index in [4.69, 9.17) is 4.74 Å². The second-order valence-corrected chi connectivity index (χ2v) is 4.81. The average Bonchev–Trinajstić information content (AvgIpc) is 2.32. The standard InChI is InChI=1S/C13H10Br2O/c14-9-10-2-1-3-13(8-10)16-12-6-4-11(15)5-7-12/h1-8H,9H2. The fraction of sp³-hybridized carbons (Fsp3) is 0.0769. The van der Waals surface area contributed by atoms with Crippen LogP contribution in [0.5, 0.6) is 11.5 Å². The summed E-state index contributed by atoms with van der Waals surface area (Å²) in [6.45, 7) is 0. The Kier molecular flexibility index (Phi) is 4.02. The van der Waals surface area contributed by atoms with Crippen molar-refractivity contribution in [1.29, 1.82) is 0 Å². The van der Waals surface area contributed by atoms with E-state index in [0.29, 0.717) is 0 Å². The molecule has 0 radical (unpaired) electrons. The first-order valence-corrected chi connectivity index (χ1v) is 6.78. The molecule has 2 rings (SSSR count). The van der Waals surface area contributed by atoms with Crippen molar-refractivity contribution in [2.24, 2.45) is 0 Å². The van der Waals surface area contributed by atoms with Crippen molar-refractivity contribution >= 4 is 31.9 Å². The van der Waals surface area contributed by atoms with Gasteiger partial charge in [0.15, 0.2) is 0 Å². The van der Waals surface area contributed by atoms with Gasteiger partial charge in [0, 0.05) is 9.80 Å². The van der Waals surface area contributed by atoms with E-state index < -0.39 is 0 Å². The van der Waals surface area contributed by atoms with Crippen LogP contribution in [0.15, 0.2) is 53.0 Å². The van der Waals surface area contributed by atoms with Gasteiger partial charge in [-0.1, -0.05) is 44.0 Å². The molecule has 0 aromatic heterocycles. The maximum atomic E-state index is 5.73. The van der Waals surface area contributed by atoms with Gasteiger partial charge in [-0.2, -0.15) is 0 Å². The molecule has 1 nitrogen and oxygen atoms in total. The molecular formula is C13H10Br2O. The van der Waals surface area contributed by atoms with Gasteiger partial charge in [-0.15, -0.1) is 0 Å². The number of rotatable bonds is 3. The summed E-state index contributed by atoms with van der Waals surface area (Å²) in [5.41, 5.74) is 1.20. The van der Waals surface area contributed by atoms with E-state index in [2.05, 4.69) is 37.9 Å². The van der Waals surface area contributed by atoms with Gasteiger partial charge in [0.25, 0.3) is 0 Å². The maximum absolute atomic E-state index is 5.73. The SMILES string of the molecule is BrCc1cccc(Oc2ccc(Br)cc2)c1. The number of ether oxygens (including phenoxy) is 1. The second kappa shape index (κ2) is 5.51. The van der Waals surface area contributed by atoms with Crippen molar-refractivity contribution in [3.8, 4) is 11.5 Å². The number of alkyl halides is 1. The minimum absolute atomic E-state index is 0.838. The monoisotopic (exact) mass is 340 g/mol. The molecule has 0 heterocycles. The average molecular weight is 342 g/mol. The molecule has 0 saturated heterocycles. The first-order valence-electron chi connectivity index (χ1n) is 4.86. The van der Waals surface area contributed by atoms with E-state index in [1.54, 1.807) is 0 Å². The van der Waals surface area contributed by atoms with E-state index in [9.17, 15) is 0 Å². The number of hydrogen-bond acceptors (Lipinski definition) is 1. The Morgan fingerprint density at radius 3 is 2.38 bits per heavy atom. The molecule has 0 spiro atoms. The Bertz CT molecular complexity index is 466. The molecule has 2 aromatic rings. The van der Waals surface area contributed by atoms with Crippen molar-refractivity contribution in [2.45, 2.75) is 5.33 Å². The second-order valence-electron chi connectivity index (χ2n) is 3.34. The quantitative estimate of drug-likeness (QED) is 0.702. The van der Waals surface area contributed by atoms with Gasteiger partial charge in [0.2, 0.25) is 0 Å². The third-order valence-corrected chi connectivity index (χ3v) is 3.28.